The van der Waals surface area contributed by atoms with Crippen molar-refractivity contribution in [2.75, 3.05) is 26.8 Å². The molecule has 0 spiro atoms. The van der Waals surface area contributed by atoms with E-state index in [-0.39, 0.29) is 0 Å². The second-order valence-electron chi connectivity index (χ2n) is 2.22. The summed E-state index contributed by atoms with van der Waals surface area (Å²) < 4.78 is 4.82. The average Bonchev–Trinajstić information content (AvgIpc) is 2.16. The number of allylic oxidation sites excluding steroid dienone is 2. The Hall–Kier alpha value is -1.13. The summed E-state index contributed by atoms with van der Waals surface area (Å²) in [5.74, 6) is 0. The monoisotopic (exact) mass is 183 g/mol. The smallest absolute Gasteiger partial charge is 0.0864 e. The standard InChI is InChI=1S/C9H17N3O/c1-13-8-7-12-9-11-6-4-2-3-5-10/h2-4,6,9H,5,7-8,10H2,1H3,(H,11,12)/b3-2+,6-4-. The molecule has 0 aliphatic carbocycles. The highest BCUT2D eigenvalue weighted by Gasteiger charge is 1.74. The van der Waals surface area contributed by atoms with Gasteiger partial charge in [-0.05, 0) is 6.08 Å². The first-order chi connectivity index (χ1) is 6.41. The molecule has 4 nitrogen and oxygen atoms in total. The SMILES string of the molecule is COCCN=CN/C=C\C=C\CN. The molecule has 0 amide bonds. The summed E-state index contributed by atoms with van der Waals surface area (Å²) in [5, 5.41) is 2.88. The van der Waals surface area contributed by atoms with Crippen LogP contribution in [0.15, 0.2) is 29.4 Å². The Labute approximate surface area is 79.2 Å². The number of hydrogen-bond acceptors (Lipinski definition) is 3. The molecule has 0 radical (unpaired) electrons. The number of hydrogen-bond donors (Lipinski definition) is 2. The molecule has 0 heterocycles. The molecule has 0 rings (SSSR count). The summed E-state index contributed by atoms with van der Waals surface area (Å²) in [7, 11) is 1.65. The van der Waals surface area contributed by atoms with Crippen LogP contribution < -0.4 is 11.1 Å². The number of rotatable bonds is 7. The first-order valence-electron chi connectivity index (χ1n) is 4.17. The van der Waals surface area contributed by atoms with E-state index in [1.54, 1.807) is 19.6 Å². The Morgan fingerprint density at radius 3 is 3.00 bits per heavy atom. The second kappa shape index (κ2) is 10.9. The minimum Gasteiger partial charge on any atom is -0.383 e. The molecular formula is C9H17N3O. The van der Waals surface area contributed by atoms with Gasteiger partial charge in [0.1, 0.15) is 0 Å². The summed E-state index contributed by atoms with van der Waals surface area (Å²) in [6.07, 6.45) is 9.00. The molecule has 0 bridgehead atoms. The fourth-order valence-electron chi connectivity index (χ4n) is 0.573. The topological polar surface area (TPSA) is 59.6 Å². The van der Waals surface area contributed by atoms with E-state index in [0.717, 1.165) is 0 Å². The quantitative estimate of drug-likeness (QED) is 0.258. The minimum atomic E-state index is 0.562. The molecule has 0 aromatic heterocycles. The zero-order valence-electron chi connectivity index (χ0n) is 7.94. The third-order valence-corrected chi connectivity index (χ3v) is 1.17. The van der Waals surface area contributed by atoms with Crippen molar-refractivity contribution < 1.29 is 4.74 Å². The van der Waals surface area contributed by atoms with Crippen molar-refractivity contribution in [2.45, 2.75) is 0 Å². The van der Waals surface area contributed by atoms with Crippen molar-refractivity contribution in [3.05, 3.63) is 24.4 Å². The summed E-state index contributed by atoms with van der Waals surface area (Å²) in [6, 6.07) is 0. The lowest BCUT2D eigenvalue weighted by Crippen LogP contribution is -2.02. The van der Waals surface area contributed by atoms with Gasteiger partial charge in [-0.1, -0.05) is 12.2 Å². The van der Waals surface area contributed by atoms with E-state index in [9.17, 15) is 0 Å². The van der Waals surface area contributed by atoms with E-state index in [2.05, 4.69) is 10.3 Å². The number of nitrogens with one attached hydrogen (secondary N) is 1. The van der Waals surface area contributed by atoms with Crippen LogP contribution in [0.4, 0.5) is 0 Å². The highest BCUT2D eigenvalue weighted by Crippen LogP contribution is 1.72. The van der Waals surface area contributed by atoms with Gasteiger partial charge in [0.05, 0.1) is 19.5 Å². The lowest BCUT2D eigenvalue weighted by Gasteiger charge is -1.91. The lowest BCUT2D eigenvalue weighted by molar-refractivity contribution is 0.208. The van der Waals surface area contributed by atoms with Gasteiger partial charge < -0.3 is 15.8 Å². The van der Waals surface area contributed by atoms with Gasteiger partial charge in [-0.3, -0.25) is 4.99 Å². The van der Waals surface area contributed by atoms with Crippen LogP contribution in [-0.2, 0) is 4.74 Å². The fourth-order valence-corrected chi connectivity index (χ4v) is 0.573. The van der Waals surface area contributed by atoms with E-state index in [0.29, 0.717) is 19.7 Å². The fraction of sp³-hybridized carbons (Fsp3) is 0.444. The van der Waals surface area contributed by atoms with E-state index >= 15 is 0 Å². The van der Waals surface area contributed by atoms with Crippen LogP contribution >= 0.6 is 0 Å². The number of nitrogens with zero attached hydrogens (tertiary/aromatic N) is 1. The van der Waals surface area contributed by atoms with Gasteiger partial charge in [-0.25, -0.2) is 0 Å². The number of nitrogens with two attached hydrogens (primary N) is 1. The number of aliphatic imine (C=N–C) groups is 1. The van der Waals surface area contributed by atoms with Crippen molar-refractivity contribution in [3.8, 4) is 0 Å². The molecular weight excluding hydrogens is 166 g/mol. The zero-order chi connectivity index (χ0) is 9.78. The summed E-state index contributed by atoms with van der Waals surface area (Å²) in [4.78, 5) is 4.02. The lowest BCUT2D eigenvalue weighted by atomic mass is 10.5. The predicted molar refractivity (Wildman–Crippen MR) is 55.7 cm³/mol. The van der Waals surface area contributed by atoms with Crippen LogP contribution in [0.2, 0.25) is 0 Å². The van der Waals surface area contributed by atoms with Crippen molar-refractivity contribution in [2.24, 2.45) is 10.7 Å². The maximum atomic E-state index is 5.24. The molecule has 0 saturated carbocycles. The second-order valence-corrected chi connectivity index (χ2v) is 2.22. The summed E-state index contributed by atoms with van der Waals surface area (Å²) >= 11 is 0. The van der Waals surface area contributed by atoms with E-state index < -0.39 is 0 Å². The molecule has 3 N–H and O–H groups in total. The van der Waals surface area contributed by atoms with E-state index in [1.165, 1.54) is 0 Å². The molecule has 0 aromatic carbocycles. The van der Waals surface area contributed by atoms with Crippen LogP contribution in [-0.4, -0.2) is 33.1 Å². The number of methoxy groups -OCH3 is 1. The van der Waals surface area contributed by atoms with Crippen molar-refractivity contribution in [1.82, 2.24) is 5.32 Å². The molecule has 0 saturated heterocycles. The van der Waals surface area contributed by atoms with Crippen LogP contribution in [0.3, 0.4) is 0 Å². The van der Waals surface area contributed by atoms with Gasteiger partial charge in [0, 0.05) is 19.9 Å². The Morgan fingerprint density at radius 2 is 2.31 bits per heavy atom. The molecule has 0 unspecified atom stereocenters. The molecule has 74 valence electrons. The Bertz CT molecular complexity index is 176. The first-order valence-corrected chi connectivity index (χ1v) is 4.17. The van der Waals surface area contributed by atoms with E-state index in [4.69, 9.17) is 10.5 Å². The highest BCUT2D eigenvalue weighted by atomic mass is 16.5. The van der Waals surface area contributed by atoms with Crippen molar-refractivity contribution in [1.29, 1.82) is 0 Å². The first kappa shape index (κ1) is 11.9. The molecule has 0 fully saturated rings. The third kappa shape index (κ3) is 10.9. The maximum Gasteiger partial charge on any atom is 0.0864 e. The van der Waals surface area contributed by atoms with Gasteiger partial charge in [0.2, 0.25) is 0 Å². The third-order valence-electron chi connectivity index (χ3n) is 1.17. The normalized spacial score (nSPS) is 12.2. The summed E-state index contributed by atoms with van der Waals surface area (Å²) in [6.45, 7) is 1.89. The summed E-state index contributed by atoms with van der Waals surface area (Å²) in [5.41, 5.74) is 5.24. The van der Waals surface area contributed by atoms with Crippen LogP contribution in [0.25, 0.3) is 0 Å². The molecule has 0 aliphatic heterocycles. The van der Waals surface area contributed by atoms with Gasteiger partial charge in [-0.2, -0.15) is 0 Å². The Balaban J connectivity index is 3.27. The van der Waals surface area contributed by atoms with Crippen LogP contribution in [0.5, 0.6) is 0 Å². The Kier molecular flexibility index (Phi) is 9.93. The molecule has 0 atom stereocenters. The van der Waals surface area contributed by atoms with Crippen molar-refractivity contribution >= 4 is 6.34 Å². The maximum absolute atomic E-state index is 5.24. The van der Waals surface area contributed by atoms with Gasteiger partial charge >= 0.3 is 0 Å². The predicted octanol–water partition coefficient (Wildman–Crippen LogP) is 0.279. The highest BCUT2D eigenvalue weighted by molar-refractivity contribution is 5.55. The van der Waals surface area contributed by atoms with Gasteiger partial charge in [0.25, 0.3) is 0 Å². The molecule has 0 aromatic rings. The molecule has 0 aliphatic rings. The largest absolute Gasteiger partial charge is 0.383 e. The van der Waals surface area contributed by atoms with Crippen LogP contribution in [0, 0.1) is 0 Å². The Morgan fingerprint density at radius 1 is 1.46 bits per heavy atom. The minimum absolute atomic E-state index is 0.562. The average molecular weight is 183 g/mol. The number of ether oxygens (including phenoxy) is 1. The van der Waals surface area contributed by atoms with Gasteiger partial charge in [-0.15, -0.1) is 0 Å². The van der Waals surface area contributed by atoms with Crippen molar-refractivity contribution in [3.63, 3.8) is 0 Å². The zero-order valence-corrected chi connectivity index (χ0v) is 7.94. The van der Waals surface area contributed by atoms with Gasteiger partial charge in [0.15, 0.2) is 0 Å². The van der Waals surface area contributed by atoms with E-state index in [1.807, 2.05) is 18.2 Å². The van der Waals surface area contributed by atoms with Crippen LogP contribution in [0.1, 0.15) is 0 Å². The molecule has 4 heteroatoms. The molecule has 13 heavy (non-hydrogen) atoms.